The summed E-state index contributed by atoms with van der Waals surface area (Å²) in [6.07, 6.45) is 5.00. The second kappa shape index (κ2) is 18.7. The summed E-state index contributed by atoms with van der Waals surface area (Å²) in [5.41, 5.74) is 4.77. The van der Waals surface area contributed by atoms with Crippen molar-refractivity contribution in [1.29, 1.82) is 0 Å². The van der Waals surface area contributed by atoms with Gasteiger partial charge in [-0.15, -0.1) is 0 Å². The molecule has 4 N–H and O–H groups in total. The molecule has 1 aliphatic carbocycles. The minimum absolute atomic E-state index is 0.0786. The Morgan fingerprint density at radius 3 is 1.61 bits per heavy atom. The molecule has 18 heteroatoms. The van der Waals surface area contributed by atoms with Crippen LogP contribution in [0, 0.1) is 17.8 Å². The molecule has 0 radical (unpaired) electrons. The van der Waals surface area contributed by atoms with Gasteiger partial charge in [-0.05, 0) is 75.3 Å². The molecular weight excluding hydrogens is 863 g/mol. The highest BCUT2D eigenvalue weighted by Crippen LogP contribution is 2.54. The maximum Gasteiger partial charge on any atom is 0.407 e. The van der Waals surface area contributed by atoms with Crippen LogP contribution in [-0.4, -0.2) is 119 Å². The Balaban J connectivity index is 0.888. The maximum atomic E-state index is 14.3. The maximum absolute atomic E-state index is 14.3. The highest BCUT2D eigenvalue weighted by Gasteiger charge is 2.57. The first-order valence-electron chi connectivity index (χ1n) is 22.2. The summed E-state index contributed by atoms with van der Waals surface area (Å²) in [5.74, 6) is 0.909. The highest BCUT2D eigenvalue weighted by molar-refractivity contribution is 6.32. The first kappa shape index (κ1) is 44.1. The van der Waals surface area contributed by atoms with E-state index < -0.39 is 24.3 Å². The van der Waals surface area contributed by atoms with E-state index in [4.69, 9.17) is 52.1 Å². The number of piperidine rings is 1. The molecule has 4 saturated heterocycles. The largest absolute Gasteiger partial charge is 0.453 e. The Morgan fingerprint density at radius 2 is 1.14 bits per heavy atom. The van der Waals surface area contributed by atoms with Crippen LogP contribution in [0.25, 0.3) is 33.6 Å². The Morgan fingerprint density at radius 1 is 0.672 bits per heavy atom. The second-order valence-electron chi connectivity index (χ2n) is 17.7. The molecule has 2 aromatic carbocycles. The molecule has 16 nitrogen and oxygen atoms in total. The average molecular weight is 918 g/mol. The molecule has 64 heavy (non-hydrogen) atoms. The van der Waals surface area contributed by atoms with Crippen molar-refractivity contribution in [1.82, 2.24) is 40.4 Å². The van der Waals surface area contributed by atoms with E-state index >= 15 is 0 Å². The number of ether oxygens (including phenoxy) is 4. The van der Waals surface area contributed by atoms with Crippen molar-refractivity contribution < 1.29 is 38.1 Å². The number of aromatic amines is 2. The van der Waals surface area contributed by atoms with Gasteiger partial charge in [0, 0.05) is 48.3 Å². The van der Waals surface area contributed by atoms with Gasteiger partial charge in [-0.1, -0.05) is 71.7 Å². The van der Waals surface area contributed by atoms with Crippen LogP contribution in [0.1, 0.15) is 82.0 Å². The van der Waals surface area contributed by atoms with Gasteiger partial charge in [-0.25, -0.2) is 19.6 Å². The lowest BCUT2D eigenvalue weighted by molar-refractivity contribution is -0.139. The van der Waals surface area contributed by atoms with E-state index in [1.807, 2.05) is 65.3 Å². The SMILES string of the molecule is COC(=O)N[C@@H](C(=O)N1[C@H](C)CC[C@H]1c1nc(-c2ccc(-c3ccc(-c4nc([C@@H]5C[C@H]6C[C@H]6N5C(=O)[C@H](NC(=O)OC)[C@@H]5CCCOC5)[nH]c4Cl)cc3)cc2)c(Cl)[nH]1)[C@@H]1CCCOC1. The Bertz CT molecular complexity index is 2200. The topological polar surface area (TPSA) is 193 Å². The fourth-order valence-electron chi connectivity index (χ4n) is 10.2. The first-order chi connectivity index (χ1) is 31.0. The lowest BCUT2D eigenvalue weighted by atomic mass is 9.92. The quantitative estimate of drug-likeness (QED) is 0.117. The molecule has 2 aromatic heterocycles. The third-order valence-corrected chi connectivity index (χ3v) is 14.2. The van der Waals surface area contributed by atoms with Crippen LogP contribution in [0.2, 0.25) is 10.3 Å². The molecule has 4 aliphatic heterocycles. The normalized spacial score (nSPS) is 26.2. The van der Waals surface area contributed by atoms with E-state index in [1.165, 1.54) is 14.2 Å². The van der Waals surface area contributed by atoms with E-state index in [0.717, 1.165) is 67.2 Å². The average Bonchev–Trinajstić information content (AvgIpc) is 3.63. The van der Waals surface area contributed by atoms with Gasteiger partial charge in [0.15, 0.2) is 0 Å². The summed E-state index contributed by atoms with van der Waals surface area (Å²) in [7, 11) is 2.58. The predicted octanol–water partition coefficient (Wildman–Crippen LogP) is 7.46. The van der Waals surface area contributed by atoms with Crippen molar-refractivity contribution in [2.45, 2.75) is 94.5 Å². The number of likely N-dealkylation sites (tertiary alicyclic amines) is 2. The van der Waals surface area contributed by atoms with Crippen LogP contribution in [0.3, 0.4) is 0 Å². The van der Waals surface area contributed by atoms with Gasteiger partial charge in [-0.3, -0.25) is 9.59 Å². The highest BCUT2D eigenvalue weighted by atomic mass is 35.5. The van der Waals surface area contributed by atoms with Crippen LogP contribution in [0.15, 0.2) is 48.5 Å². The number of hydrogen-bond donors (Lipinski definition) is 4. The van der Waals surface area contributed by atoms with Gasteiger partial charge in [0.1, 0.15) is 45.4 Å². The number of carbonyl (C=O) groups is 4. The molecule has 4 aromatic rings. The van der Waals surface area contributed by atoms with E-state index in [9.17, 15) is 19.2 Å². The number of nitrogens with zero attached hydrogens (tertiary/aromatic N) is 4. The summed E-state index contributed by atoms with van der Waals surface area (Å²) < 4.78 is 21.2. The summed E-state index contributed by atoms with van der Waals surface area (Å²) in [6.45, 7) is 4.06. The molecular formula is C46H54Cl2N8O8. The number of benzene rings is 2. The molecule has 4 amide bonds. The van der Waals surface area contributed by atoms with Gasteiger partial charge >= 0.3 is 12.2 Å². The minimum atomic E-state index is -0.791. The number of rotatable bonds is 11. The zero-order valence-electron chi connectivity index (χ0n) is 36.1. The van der Waals surface area contributed by atoms with E-state index in [0.29, 0.717) is 72.1 Å². The molecule has 5 aliphatic rings. The second-order valence-corrected chi connectivity index (χ2v) is 18.4. The smallest absolute Gasteiger partial charge is 0.407 e. The molecule has 1 saturated carbocycles. The number of halogens is 2. The standard InChI is InChI=1S/C46H54Cl2N8O8/c1-24-8-17-32(55(24)43(57)37(51-45(59)61-2)29-6-4-18-63-22-29)41-49-35(39(47)53-41)27-13-9-25(10-14-27)26-11-15-28(16-12-26)36-40(48)54-42(50-36)34-21-31-20-33(31)56(34)44(58)38(52-46(60)62-3)30-7-5-19-64-23-30/h9-16,24,29-34,37-38H,4-8,17-23H2,1-3H3,(H,49,53)(H,50,54)(H,51,59)(H,52,60)/t24-,29-,30-,31-,32+,33-,34+,37-,38-/m1/s1. The molecule has 0 bridgehead atoms. The zero-order valence-corrected chi connectivity index (χ0v) is 37.6. The van der Waals surface area contributed by atoms with E-state index in [1.54, 1.807) is 0 Å². The fraction of sp³-hybridized carbons (Fsp3) is 0.522. The van der Waals surface area contributed by atoms with Crippen LogP contribution >= 0.6 is 23.2 Å². The van der Waals surface area contributed by atoms with Gasteiger partial charge < -0.3 is 49.3 Å². The van der Waals surface area contributed by atoms with Crippen molar-refractivity contribution in [3.63, 3.8) is 0 Å². The number of methoxy groups -OCH3 is 2. The number of imidazole rings is 2. The Hall–Kier alpha value is -5.16. The van der Waals surface area contributed by atoms with Crippen molar-refractivity contribution in [2.24, 2.45) is 17.8 Å². The Labute approximate surface area is 381 Å². The number of nitrogens with one attached hydrogen (secondary N) is 4. The lowest BCUT2D eigenvalue weighted by Crippen LogP contribution is -2.55. The summed E-state index contributed by atoms with van der Waals surface area (Å²) in [4.78, 5) is 73.4. The van der Waals surface area contributed by atoms with Gasteiger partial charge in [0.25, 0.3) is 0 Å². The lowest BCUT2D eigenvalue weighted by Gasteiger charge is -2.36. The number of aromatic nitrogens is 4. The predicted molar refractivity (Wildman–Crippen MR) is 237 cm³/mol. The summed E-state index contributed by atoms with van der Waals surface area (Å²) in [6, 6.07) is 13.7. The van der Waals surface area contributed by atoms with Gasteiger partial charge in [-0.2, -0.15) is 0 Å². The first-order valence-corrected chi connectivity index (χ1v) is 23.0. The van der Waals surface area contributed by atoms with Crippen LogP contribution in [0.5, 0.6) is 0 Å². The monoisotopic (exact) mass is 916 g/mol. The fourth-order valence-corrected chi connectivity index (χ4v) is 10.7. The van der Waals surface area contributed by atoms with Crippen molar-refractivity contribution in [3.05, 3.63) is 70.5 Å². The Kier molecular flexibility index (Phi) is 12.9. The van der Waals surface area contributed by atoms with Crippen LogP contribution in [-0.2, 0) is 28.5 Å². The molecule has 340 valence electrons. The number of alkyl carbamates (subject to hydrolysis) is 2. The van der Waals surface area contributed by atoms with Crippen LogP contribution in [0.4, 0.5) is 9.59 Å². The van der Waals surface area contributed by atoms with Crippen LogP contribution < -0.4 is 10.6 Å². The van der Waals surface area contributed by atoms with E-state index in [2.05, 4.69) is 20.6 Å². The van der Waals surface area contributed by atoms with Gasteiger partial charge in [0.05, 0.1) is 39.5 Å². The van der Waals surface area contributed by atoms with Gasteiger partial charge in [0.2, 0.25) is 11.8 Å². The number of carbonyl (C=O) groups excluding carboxylic acids is 4. The van der Waals surface area contributed by atoms with Crippen molar-refractivity contribution in [2.75, 3.05) is 40.6 Å². The third-order valence-electron chi connectivity index (χ3n) is 13.7. The zero-order chi connectivity index (χ0) is 44.6. The van der Waals surface area contributed by atoms with Crippen molar-refractivity contribution in [3.8, 4) is 33.6 Å². The van der Waals surface area contributed by atoms with Crippen molar-refractivity contribution >= 4 is 47.2 Å². The number of hydrogen-bond acceptors (Lipinski definition) is 10. The molecule has 5 fully saturated rings. The number of fused-ring (bicyclic) bond motifs is 1. The molecule has 9 rings (SSSR count). The number of H-pyrrole nitrogens is 2. The summed E-state index contributed by atoms with van der Waals surface area (Å²) >= 11 is 13.6. The molecule has 0 spiro atoms. The minimum Gasteiger partial charge on any atom is -0.453 e. The third kappa shape index (κ3) is 8.81. The molecule has 6 heterocycles. The molecule has 9 atom stereocenters. The van der Waals surface area contributed by atoms with E-state index in [-0.39, 0.29) is 47.8 Å². The number of amides is 4. The molecule has 0 unspecified atom stereocenters. The summed E-state index contributed by atoms with van der Waals surface area (Å²) in [5, 5.41) is 6.36.